The van der Waals surface area contributed by atoms with Gasteiger partial charge in [-0.25, -0.2) is 9.59 Å². The molecular formula is C18H31F3N4O6S. The van der Waals surface area contributed by atoms with E-state index in [1.165, 1.54) is 0 Å². The first kappa shape index (κ1) is 28.3. The summed E-state index contributed by atoms with van der Waals surface area (Å²) in [5.41, 5.74) is 5.30. The minimum Gasteiger partial charge on any atom is -0.475 e. The van der Waals surface area contributed by atoms with Crippen molar-refractivity contribution in [1.29, 1.82) is 0 Å². The second-order valence-corrected chi connectivity index (χ2v) is 8.31. The number of alkyl halides is 3. The highest BCUT2D eigenvalue weighted by Gasteiger charge is 2.42. The second kappa shape index (κ2) is 15.1. The van der Waals surface area contributed by atoms with E-state index in [9.17, 15) is 22.8 Å². The second-order valence-electron chi connectivity index (χ2n) is 7.03. The average molecular weight is 489 g/mol. The van der Waals surface area contributed by atoms with Crippen LogP contribution < -0.4 is 21.7 Å². The molecule has 2 fully saturated rings. The lowest BCUT2D eigenvalue weighted by Gasteiger charge is -2.16. The Kier molecular flexibility index (Phi) is 13.4. The molecular weight excluding hydrogens is 457 g/mol. The molecule has 0 spiro atoms. The van der Waals surface area contributed by atoms with Gasteiger partial charge in [0.15, 0.2) is 0 Å². The fourth-order valence-corrected chi connectivity index (χ4v) is 4.57. The van der Waals surface area contributed by atoms with Crippen LogP contribution in [0.4, 0.5) is 18.0 Å². The molecule has 186 valence electrons. The Labute approximate surface area is 188 Å². The van der Waals surface area contributed by atoms with Gasteiger partial charge in [0, 0.05) is 30.5 Å². The molecule has 10 nitrogen and oxygen atoms in total. The van der Waals surface area contributed by atoms with Gasteiger partial charge in [-0.15, -0.1) is 0 Å². The third kappa shape index (κ3) is 11.7. The fraction of sp³-hybridized carbons (Fsp3) is 0.833. The SMILES string of the molecule is NCCOCCOCCNC(=O)CCCCC1SCC2NC(=O)NC21.O=C(O)C(F)(F)F. The zero-order valence-electron chi connectivity index (χ0n) is 17.6. The molecule has 0 saturated carbocycles. The average Bonchev–Trinajstić information content (AvgIpc) is 3.26. The van der Waals surface area contributed by atoms with Crippen molar-refractivity contribution in [2.75, 3.05) is 45.3 Å². The van der Waals surface area contributed by atoms with Crippen molar-refractivity contribution in [2.45, 2.75) is 49.2 Å². The molecule has 3 atom stereocenters. The molecule has 0 aromatic heterocycles. The minimum absolute atomic E-state index is 0.0483. The van der Waals surface area contributed by atoms with Gasteiger partial charge >= 0.3 is 18.2 Å². The summed E-state index contributed by atoms with van der Waals surface area (Å²) >= 11 is 1.91. The Hall–Kier alpha value is -1.77. The number of carboxylic acid groups (broad SMARTS) is 1. The van der Waals surface area contributed by atoms with E-state index in [4.69, 9.17) is 25.1 Å². The highest BCUT2D eigenvalue weighted by molar-refractivity contribution is 8.00. The molecule has 2 heterocycles. The Balaban J connectivity index is 0.000000633. The van der Waals surface area contributed by atoms with Gasteiger partial charge in [-0.2, -0.15) is 24.9 Å². The van der Waals surface area contributed by atoms with Gasteiger partial charge in [0.25, 0.3) is 0 Å². The molecule has 2 saturated heterocycles. The maximum Gasteiger partial charge on any atom is 0.490 e. The van der Waals surface area contributed by atoms with Crippen LogP contribution in [-0.2, 0) is 19.1 Å². The molecule has 2 aliphatic rings. The van der Waals surface area contributed by atoms with Crippen molar-refractivity contribution >= 4 is 29.7 Å². The summed E-state index contributed by atoms with van der Waals surface area (Å²) in [5.74, 6) is -1.71. The van der Waals surface area contributed by atoms with Gasteiger partial charge in [0.2, 0.25) is 5.91 Å². The maximum absolute atomic E-state index is 11.8. The van der Waals surface area contributed by atoms with Gasteiger partial charge < -0.3 is 36.3 Å². The number of carbonyl (C=O) groups excluding carboxylic acids is 2. The lowest BCUT2D eigenvalue weighted by Crippen LogP contribution is -2.36. The number of thioether (sulfide) groups is 1. The number of hydrogen-bond acceptors (Lipinski definition) is 7. The van der Waals surface area contributed by atoms with Crippen molar-refractivity contribution in [3.05, 3.63) is 0 Å². The first-order chi connectivity index (χ1) is 15.1. The normalized spacial score (nSPS) is 21.8. The Bertz CT molecular complexity index is 600. The topological polar surface area (TPSA) is 152 Å². The maximum atomic E-state index is 11.8. The van der Waals surface area contributed by atoms with Gasteiger partial charge in [-0.1, -0.05) is 6.42 Å². The number of halogens is 3. The van der Waals surface area contributed by atoms with Gasteiger partial charge in [-0.05, 0) is 12.8 Å². The van der Waals surface area contributed by atoms with Crippen LogP contribution in [0.1, 0.15) is 25.7 Å². The summed E-state index contributed by atoms with van der Waals surface area (Å²) in [5, 5.41) is 16.4. The molecule has 3 unspecified atom stereocenters. The predicted molar refractivity (Wildman–Crippen MR) is 111 cm³/mol. The molecule has 2 rings (SSSR count). The van der Waals surface area contributed by atoms with Crippen molar-refractivity contribution in [3.63, 3.8) is 0 Å². The fourth-order valence-electron chi connectivity index (χ4n) is 3.03. The first-order valence-corrected chi connectivity index (χ1v) is 11.3. The quantitative estimate of drug-likeness (QED) is 0.185. The number of carboxylic acids is 1. The van der Waals surface area contributed by atoms with Crippen LogP contribution in [0.25, 0.3) is 0 Å². The van der Waals surface area contributed by atoms with E-state index in [1.807, 2.05) is 11.8 Å². The molecule has 32 heavy (non-hydrogen) atoms. The van der Waals surface area contributed by atoms with Crippen LogP contribution in [0.2, 0.25) is 0 Å². The molecule has 0 radical (unpaired) electrons. The van der Waals surface area contributed by atoms with Gasteiger partial charge in [0.05, 0.1) is 38.5 Å². The van der Waals surface area contributed by atoms with E-state index >= 15 is 0 Å². The number of rotatable bonds is 13. The van der Waals surface area contributed by atoms with Gasteiger partial charge in [0.1, 0.15) is 0 Å². The number of amides is 3. The van der Waals surface area contributed by atoms with Gasteiger partial charge in [-0.3, -0.25) is 4.79 Å². The van der Waals surface area contributed by atoms with E-state index in [0.717, 1.165) is 25.0 Å². The molecule has 0 aromatic carbocycles. The van der Waals surface area contributed by atoms with Crippen molar-refractivity contribution in [2.24, 2.45) is 5.73 Å². The molecule has 0 aromatic rings. The third-order valence-corrected chi connectivity index (χ3v) is 6.03. The van der Waals surface area contributed by atoms with E-state index in [1.54, 1.807) is 0 Å². The smallest absolute Gasteiger partial charge is 0.475 e. The largest absolute Gasteiger partial charge is 0.490 e. The van der Waals surface area contributed by atoms with E-state index < -0.39 is 12.1 Å². The molecule has 14 heteroatoms. The Morgan fingerprint density at radius 2 is 1.81 bits per heavy atom. The van der Waals surface area contributed by atoms with E-state index in [-0.39, 0.29) is 24.0 Å². The number of urea groups is 1. The molecule has 3 amide bonds. The molecule has 0 bridgehead atoms. The highest BCUT2D eigenvalue weighted by Crippen LogP contribution is 2.33. The Morgan fingerprint density at radius 3 is 2.44 bits per heavy atom. The number of ether oxygens (including phenoxy) is 2. The summed E-state index contributed by atoms with van der Waals surface area (Å²) in [6.07, 6.45) is -1.64. The lowest BCUT2D eigenvalue weighted by atomic mass is 10.0. The summed E-state index contributed by atoms with van der Waals surface area (Å²) in [7, 11) is 0. The van der Waals surface area contributed by atoms with Crippen LogP contribution in [0.5, 0.6) is 0 Å². The zero-order valence-corrected chi connectivity index (χ0v) is 18.4. The number of nitrogens with two attached hydrogens (primary N) is 1. The predicted octanol–water partition coefficient (Wildman–Crippen LogP) is 0.454. The summed E-state index contributed by atoms with van der Waals surface area (Å²) < 4.78 is 42.3. The summed E-state index contributed by atoms with van der Waals surface area (Å²) in [4.78, 5) is 32.0. The molecule has 0 aliphatic carbocycles. The number of hydrogen-bond donors (Lipinski definition) is 5. The third-order valence-electron chi connectivity index (χ3n) is 4.53. The number of nitrogens with one attached hydrogen (secondary N) is 3. The lowest BCUT2D eigenvalue weighted by molar-refractivity contribution is -0.192. The van der Waals surface area contributed by atoms with E-state index in [0.29, 0.717) is 51.2 Å². The summed E-state index contributed by atoms with van der Waals surface area (Å²) in [6.45, 7) is 3.12. The summed E-state index contributed by atoms with van der Waals surface area (Å²) in [6, 6.07) is 0.469. The van der Waals surface area contributed by atoms with Crippen LogP contribution in [0, 0.1) is 0 Å². The highest BCUT2D eigenvalue weighted by atomic mass is 32.2. The zero-order chi connectivity index (χ0) is 24.0. The molecule has 6 N–H and O–H groups in total. The van der Waals surface area contributed by atoms with Crippen molar-refractivity contribution < 1.29 is 42.1 Å². The first-order valence-electron chi connectivity index (χ1n) is 10.3. The monoisotopic (exact) mass is 488 g/mol. The standard InChI is InChI=1S/C16H30N4O4S.C2HF3O2/c17-5-7-23-9-10-24-8-6-18-14(21)4-2-1-3-13-15-12(11-25-13)19-16(22)20-15;3-2(4,5)1(6)7/h12-13,15H,1-11,17H2,(H,18,21)(H2,19,20,22);(H,6,7). The number of fused-ring (bicyclic) bond motifs is 1. The van der Waals surface area contributed by atoms with Crippen LogP contribution in [0.15, 0.2) is 0 Å². The number of carbonyl (C=O) groups is 3. The van der Waals surface area contributed by atoms with E-state index in [2.05, 4.69) is 16.0 Å². The van der Waals surface area contributed by atoms with Crippen LogP contribution in [0.3, 0.4) is 0 Å². The Morgan fingerprint density at radius 1 is 1.16 bits per heavy atom. The van der Waals surface area contributed by atoms with Crippen LogP contribution >= 0.6 is 11.8 Å². The van der Waals surface area contributed by atoms with Crippen LogP contribution in [-0.4, -0.2) is 91.8 Å². The number of unbranched alkanes of at least 4 members (excludes halogenated alkanes) is 1. The van der Waals surface area contributed by atoms with Crippen molar-refractivity contribution in [1.82, 2.24) is 16.0 Å². The van der Waals surface area contributed by atoms with Crippen molar-refractivity contribution in [3.8, 4) is 0 Å². The number of aliphatic carboxylic acids is 1. The molecule has 2 aliphatic heterocycles. The minimum atomic E-state index is -5.08.